The Morgan fingerprint density at radius 1 is 1.09 bits per heavy atom. The summed E-state index contributed by atoms with van der Waals surface area (Å²) >= 11 is 1.51. The third-order valence-electron chi connectivity index (χ3n) is 6.96. The first-order valence-electron chi connectivity index (χ1n) is 12.2. The molecule has 1 amide bonds. The van der Waals surface area contributed by atoms with E-state index < -0.39 is 0 Å². The number of anilines is 1. The minimum absolute atomic E-state index is 0.0508. The smallest absolute Gasteiger partial charge is 0.257 e. The molecule has 0 atom stereocenters. The molecule has 0 radical (unpaired) electrons. The number of fused-ring (bicyclic) bond motifs is 1. The molecule has 6 nitrogen and oxygen atoms in total. The third kappa shape index (κ3) is 5.15. The quantitative estimate of drug-likeness (QED) is 0.467. The van der Waals surface area contributed by atoms with Crippen molar-refractivity contribution in [2.75, 3.05) is 44.6 Å². The lowest BCUT2D eigenvalue weighted by Crippen LogP contribution is -2.49. The fraction of sp³-hybridized carbons (Fsp3) is 0.407. The minimum Gasteiger partial charge on any atom is -0.496 e. The number of rotatable bonds is 7. The van der Waals surface area contributed by atoms with Gasteiger partial charge in [-0.05, 0) is 55.0 Å². The summed E-state index contributed by atoms with van der Waals surface area (Å²) in [4.78, 5) is 23.3. The Kier molecular flexibility index (Phi) is 7.21. The normalized spacial score (nSPS) is 17.3. The predicted octanol–water partition coefficient (Wildman–Crippen LogP) is 5.31. The number of hydrogen-bond acceptors (Lipinski definition) is 6. The molecule has 1 saturated heterocycles. The van der Waals surface area contributed by atoms with Gasteiger partial charge in [0, 0.05) is 56.1 Å². The molecule has 2 aliphatic rings. The van der Waals surface area contributed by atoms with E-state index in [-0.39, 0.29) is 5.91 Å². The number of hydrogen-bond donors (Lipinski definition) is 1. The van der Waals surface area contributed by atoms with Crippen LogP contribution < -0.4 is 9.46 Å². The second-order valence-corrected chi connectivity index (χ2v) is 10.0. The van der Waals surface area contributed by atoms with Crippen LogP contribution in [0.4, 0.5) is 5.69 Å². The van der Waals surface area contributed by atoms with Gasteiger partial charge in [0.2, 0.25) is 0 Å². The van der Waals surface area contributed by atoms with Crippen LogP contribution in [0.5, 0.6) is 5.75 Å². The van der Waals surface area contributed by atoms with Gasteiger partial charge in [-0.2, -0.15) is 0 Å². The van der Waals surface area contributed by atoms with E-state index in [1.807, 2.05) is 41.4 Å². The Labute approximate surface area is 205 Å². The van der Waals surface area contributed by atoms with Crippen molar-refractivity contribution in [1.82, 2.24) is 14.8 Å². The highest BCUT2D eigenvalue weighted by Gasteiger charge is 2.26. The lowest BCUT2D eigenvalue weighted by Gasteiger charge is -2.36. The van der Waals surface area contributed by atoms with Crippen LogP contribution >= 0.6 is 11.9 Å². The number of pyridine rings is 1. The largest absolute Gasteiger partial charge is 0.496 e. The predicted molar refractivity (Wildman–Crippen MR) is 139 cm³/mol. The molecule has 2 aromatic carbocycles. The summed E-state index contributed by atoms with van der Waals surface area (Å²) < 4.78 is 8.99. The van der Waals surface area contributed by atoms with E-state index in [2.05, 4.69) is 32.8 Å². The van der Waals surface area contributed by atoms with Crippen LogP contribution in [-0.2, 0) is 0 Å². The van der Waals surface area contributed by atoms with Crippen molar-refractivity contribution in [3.63, 3.8) is 0 Å². The number of aromatic nitrogens is 1. The minimum atomic E-state index is 0.0508. The van der Waals surface area contributed by atoms with Gasteiger partial charge in [-0.25, -0.2) is 0 Å². The highest BCUT2D eigenvalue weighted by molar-refractivity contribution is 8.00. The molecule has 1 N–H and O–H groups in total. The van der Waals surface area contributed by atoms with Crippen LogP contribution in [0.3, 0.4) is 0 Å². The number of methoxy groups -OCH3 is 1. The average molecular weight is 477 g/mol. The van der Waals surface area contributed by atoms with Gasteiger partial charge in [0.05, 0.1) is 23.1 Å². The zero-order valence-electron chi connectivity index (χ0n) is 19.7. The molecule has 1 aromatic heterocycles. The van der Waals surface area contributed by atoms with E-state index in [1.54, 1.807) is 7.11 Å². The molecular formula is C27H32N4O2S. The van der Waals surface area contributed by atoms with Gasteiger partial charge >= 0.3 is 0 Å². The van der Waals surface area contributed by atoms with Crippen molar-refractivity contribution in [2.24, 2.45) is 5.92 Å². The Bertz CT molecular complexity index is 1140. The van der Waals surface area contributed by atoms with Crippen LogP contribution in [0.15, 0.2) is 59.6 Å². The number of carbonyl (C=O) groups excluding carboxylic acids is 1. The number of benzene rings is 2. The van der Waals surface area contributed by atoms with Gasteiger partial charge in [0.1, 0.15) is 5.75 Å². The standard InChI is InChI=1S/C27H32N4O2S/c1-33-24-18-22(29-34-25-10-4-8-21-9-5-13-28-26(21)25)11-12-23(24)27(32)31-16-14-30(15-17-31)19-20-6-2-3-7-20/h4-5,8-13,18,20,29H,2-3,6-7,14-17,19H2,1H3. The summed E-state index contributed by atoms with van der Waals surface area (Å²) in [6, 6.07) is 15.9. The lowest BCUT2D eigenvalue weighted by molar-refractivity contribution is 0.0615. The first-order chi connectivity index (χ1) is 16.7. The Balaban J connectivity index is 1.21. The highest BCUT2D eigenvalue weighted by Crippen LogP contribution is 2.31. The molecule has 0 bridgehead atoms. The van der Waals surface area contributed by atoms with Gasteiger partial charge in [0.25, 0.3) is 5.91 Å². The maximum absolute atomic E-state index is 13.3. The number of nitrogens with zero attached hydrogens (tertiary/aromatic N) is 3. The number of para-hydroxylation sites is 1. The number of piperazine rings is 1. The molecule has 34 heavy (non-hydrogen) atoms. The molecule has 1 saturated carbocycles. The zero-order valence-corrected chi connectivity index (χ0v) is 20.5. The fourth-order valence-electron chi connectivity index (χ4n) is 5.07. The first-order valence-corrected chi connectivity index (χ1v) is 13.0. The molecule has 178 valence electrons. The van der Waals surface area contributed by atoms with Crippen molar-refractivity contribution in [3.05, 3.63) is 60.3 Å². The topological polar surface area (TPSA) is 57.7 Å². The number of nitrogens with one attached hydrogen (secondary N) is 1. The molecule has 0 spiro atoms. The lowest BCUT2D eigenvalue weighted by atomic mass is 10.1. The Morgan fingerprint density at radius 3 is 2.68 bits per heavy atom. The first kappa shape index (κ1) is 23.0. The maximum Gasteiger partial charge on any atom is 0.257 e. The van der Waals surface area contributed by atoms with E-state index in [0.717, 1.165) is 53.6 Å². The molecular weight excluding hydrogens is 444 g/mol. The highest BCUT2D eigenvalue weighted by atomic mass is 32.2. The number of carbonyl (C=O) groups is 1. The summed E-state index contributed by atoms with van der Waals surface area (Å²) in [5, 5.41) is 1.11. The van der Waals surface area contributed by atoms with E-state index in [1.165, 1.54) is 44.2 Å². The van der Waals surface area contributed by atoms with Crippen LogP contribution in [0.2, 0.25) is 0 Å². The Morgan fingerprint density at radius 2 is 1.88 bits per heavy atom. The van der Waals surface area contributed by atoms with Crippen molar-refractivity contribution in [2.45, 2.75) is 30.6 Å². The summed E-state index contributed by atoms with van der Waals surface area (Å²) in [5.41, 5.74) is 2.47. The van der Waals surface area contributed by atoms with Gasteiger partial charge in [-0.1, -0.05) is 31.0 Å². The second-order valence-electron chi connectivity index (χ2n) is 9.19. The summed E-state index contributed by atoms with van der Waals surface area (Å²) in [6.45, 7) is 4.66. The molecule has 7 heteroatoms. The van der Waals surface area contributed by atoms with Gasteiger partial charge in [-0.15, -0.1) is 0 Å². The van der Waals surface area contributed by atoms with E-state index in [9.17, 15) is 4.79 Å². The molecule has 2 fully saturated rings. The molecule has 1 aliphatic heterocycles. The molecule has 3 aromatic rings. The Hall–Kier alpha value is -2.77. The molecule has 1 aliphatic carbocycles. The SMILES string of the molecule is COc1cc(NSc2cccc3cccnc23)ccc1C(=O)N1CCN(CC2CCCC2)CC1. The summed E-state index contributed by atoms with van der Waals surface area (Å²) in [5.74, 6) is 1.50. The van der Waals surface area contributed by atoms with Crippen LogP contribution in [-0.4, -0.2) is 60.5 Å². The fourth-order valence-corrected chi connectivity index (χ4v) is 5.83. The monoisotopic (exact) mass is 476 g/mol. The van der Waals surface area contributed by atoms with Gasteiger partial charge < -0.3 is 14.4 Å². The molecule has 0 unspecified atom stereocenters. The van der Waals surface area contributed by atoms with Crippen molar-refractivity contribution >= 4 is 34.4 Å². The van der Waals surface area contributed by atoms with Crippen LogP contribution in [0.1, 0.15) is 36.0 Å². The van der Waals surface area contributed by atoms with Crippen molar-refractivity contribution in [3.8, 4) is 5.75 Å². The zero-order chi connectivity index (χ0) is 23.3. The van der Waals surface area contributed by atoms with E-state index >= 15 is 0 Å². The second kappa shape index (κ2) is 10.7. The summed E-state index contributed by atoms with van der Waals surface area (Å²) in [7, 11) is 1.62. The van der Waals surface area contributed by atoms with Gasteiger partial charge in [0.15, 0.2) is 0 Å². The molecule has 2 heterocycles. The van der Waals surface area contributed by atoms with E-state index in [4.69, 9.17) is 4.74 Å². The molecule has 5 rings (SSSR count). The number of ether oxygens (including phenoxy) is 1. The van der Waals surface area contributed by atoms with Gasteiger partial charge in [-0.3, -0.25) is 14.7 Å². The van der Waals surface area contributed by atoms with Crippen molar-refractivity contribution < 1.29 is 9.53 Å². The van der Waals surface area contributed by atoms with E-state index in [0.29, 0.717) is 11.3 Å². The maximum atomic E-state index is 13.3. The summed E-state index contributed by atoms with van der Waals surface area (Å²) in [6.07, 6.45) is 7.30. The number of amides is 1. The van der Waals surface area contributed by atoms with Crippen molar-refractivity contribution in [1.29, 1.82) is 0 Å². The van der Waals surface area contributed by atoms with Crippen LogP contribution in [0.25, 0.3) is 10.9 Å². The van der Waals surface area contributed by atoms with Crippen LogP contribution in [0, 0.1) is 5.92 Å². The third-order valence-corrected chi connectivity index (χ3v) is 7.84. The average Bonchev–Trinajstić information content (AvgIpc) is 3.40.